The lowest BCUT2D eigenvalue weighted by Crippen LogP contribution is -2.18. The molecule has 0 fully saturated rings. The van der Waals surface area contributed by atoms with E-state index in [2.05, 4.69) is 4.74 Å². The lowest BCUT2D eigenvalue weighted by Gasteiger charge is -2.13. The van der Waals surface area contributed by atoms with Crippen LogP contribution in [-0.2, 0) is 26.5 Å². The van der Waals surface area contributed by atoms with Gasteiger partial charge in [0, 0.05) is 0 Å². The lowest BCUT2D eigenvalue weighted by molar-refractivity contribution is -0.141. The minimum absolute atomic E-state index is 0.0140. The summed E-state index contributed by atoms with van der Waals surface area (Å²) in [6.07, 6.45) is -4.88. The summed E-state index contributed by atoms with van der Waals surface area (Å²) in [5.41, 5.74) is -1.93. The van der Waals surface area contributed by atoms with Crippen LogP contribution >= 0.6 is 0 Å². The van der Waals surface area contributed by atoms with Crippen LogP contribution in [0.5, 0.6) is 0 Å². The summed E-state index contributed by atoms with van der Waals surface area (Å²) in [6, 6.07) is 2.08. The highest BCUT2D eigenvalue weighted by atomic mass is 32.2. The number of benzene rings is 1. The Hall–Kier alpha value is -1.90. The summed E-state index contributed by atoms with van der Waals surface area (Å²) in [4.78, 5) is 21.2. The number of carbonyl (C=O) groups is 2. The molecule has 9 heteroatoms. The average molecular weight is 324 g/mol. The van der Waals surface area contributed by atoms with Crippen molar-refractivity contribution in [3.63, 3.8) is 0 Å². The number of alkyl halides is 3. The van der Waals surface area contributed by atoms with Gasteiger partial charge in [-0.15, -0.1) is 0 Å². The monoisotopic (exact) mass is 324 g/mol. The molecule has 1 atom stereocenters. The normalized spacial score (nSPS) is 12.8. The van der Waals surface area contributed by atoms with E-state index in [0.29, 0.717) is 6.07 Å². The van der Waals surface area contributed by atoms with Gasteiger partial charge in [0.05, 0.1) is 33.4 Å². The van der Waals surface area contributed by atoms with Gasteiger partial charge >= 0.3 is 18.1 Å². The Kier molecular flexibility index (Phi) is 5.47. The van der Waals surface area contributed by atoms with Crippen LogP contribution in [0.1, 0.15) is 22.8 Å². The molecule has 0 aliphatic heterocycles. The van der Waals surface area contributed by atoms with Crippen molar-refractivity contribution in [2.24, 2.45) is 0 Å². The SMILES string of the molecule is CCOC(=O)CS(=O)c1ccc(C(=O)O)cc1C(F)(F)F. The van der Waals surface area contributed by atoms with Crippen LogP contribution in [0.4, 0.5) is 13.2 Å². The largest absolute Gasteiger partial charge is 0.478 e. The zero-order chi connectivity index (χ0) is 16.2. The average Bonchev–Trinajstić information content (AvgIpc) is 2.37. The van der Waals surface area contributed by atoms with Crippen molar-refractivity contribution >= 4 is 22.7 Å². The quantitative estimate of drug-likeness (QED) is 0.839. The van der Waals surface area contributed by atoms with E-state index in [1.54, 1.807) is 0 Å². The molecule has 0 aliphatic rings. The number of aromatic carboxylic acids is 1. The molecule has 0 radical (unpaired) electrons. The maximum atomic E-state index is 12.9. The van der Waals surface area contributed by atoms with Crippen molar-refractivity contribution in [3.8, 4) is 0 Å². The van der Waals surface area contributed by atoms with Gasteiger partial charge in [-0.05, 0) is 25.1 Å². The maximum Gasteiger partial charge on any atom is 0.417 e. The predicted molar refractivity (Wildman–Crippen MR) is 66.3 cm³/mol. The molecule has 1 aromatic carbocycles. The summed E-state index contributed by atoms with van der Waals surface area (Å²) < 4.78 is 55.0. The molecule has 1 N–H and O–H groups in total. The Morgan fingerprint density at radius 2 is 1.95 bits per heavy atom. The topological polar surface area (TPSA) is 80.7 Å². The molecule has 0 saturated carbocycles. The van der Waals surface area contributed by atoms with Crippen LogP contribution in [0, 0.1) is 0 Å². The van der Waals surface area contributed by atoms with E-state index >= 15 is 0 Å². The zero-order valence-electron chi connectivity index (χ0n) is 10.8. The summed E-state index contributed by atoms with van der Waals surface area (Å²) in [6.45, 7) is 1.52. The fraction of sp³-hybridized carbons (Fsp3) is 0.333. The van der Waals surface area contributed by atoms with E-state index in [-0.39, 0.29) is 6.61 Å². The molecule has 0 aliphatic carbocycles. The van der Waals surface area contributed by atoms with Crippen molar-refractivity contribution in [2.45, 2.75) is 18.0 Å². The number of carbonyl (C=O) groups excluding carboxylic acids is 1. The van der Waals surface area contributed by atoms with E-state index in [0.717, 1.165) is 12.1 Å². The van der Waals surface area contributed by atoms with Gasteiger partial charge in [-0.25, -0.2) is 4.79 Å². The van der Waals surface area contributed by atoms with Gasteiger partial charge in [-0.3, -0.25) is 9.00 Å². The number of hydrogen-bond acceptors (Lipinski definition) is 4. The second kappa shape index (κ2) is 6.70. The molecule has 1 rings (SSSR count). The Bertz CT molecular complexity index is 583. The Balaban J connectivity index is 3.20. The zero-order valence-corrected chi connectivity index (χ0v) is 11.6. The Morgan fingerprint density at radius 3 is 2.43 bits per heavy atom. The number of carboxylic acid groups (broad SMARTS) is 1. The summed E-state index contributed by atoms with van der Waals surface area (Å²) in [5, 5.41) is 8.70. The molecule has 1 aromatic rings. The first-order chi connectivity index (χ1) is 9.66. The van der Waals surface area contributed by atoms with E-state index in [9.17, 15) is 27.0 Å². The smallest absolute Gasteiger partial charge is 0.417 e. The second-order valence-corrected chi connectivity index (χ2v) is 5.23. The molecule has 0 heterocycles. The van der Waals surface area contributed by atoms with E-state index < -0.39 is 50.7 Å². The van der Waals surface area contributed by atoms with E-state index in [1.165, 1.54) is 6.92 Å². The highest BCUT2D eigenvalue weighted by Gasteiger charge is 2.36. The Morgan fingerprint density at radius 1 is 1.33 bits per heavy atom. The minimum atomic E-state index is -4.88. The molecule has 116 valence electrons. The van der Waals surface area contributed by atoms with Gasteiger partial charge in [0.25, 0.3) is 0 Å². The third kappa shape index (κ3) is 4.55. The second-order valence-electron chi connectivity index (χ2n) is 3.81. The molecular weight excluding hydrogens is 313 g/mol. The van der Waals surface area contributed by atoms with Gasteiger partial charge in [-0.1, -0.05) is 0 Å². The van der Waals surface area contributed by atoms with Gasteiger partial charge in [0.1, 0.15) is 5.75 Å². The third-order valence-electron chi connectivity index (χ3n) is 2.33. The van der Waals surface area contributed by atoms with Crippen LogP contribution < -0.4 is 0 Å². The number of carboxylic acids is 1. The number of halogens is 3. The Labute approximate surface area is 120 Å². The maximum absolute atomic E-state index is 12.9. The van der Waals surface area contributed by atoms with Crippen LogP contribution in [0.3, 0.4) is 0 Å². The van der Waals surface area contributed by atoms with Crippen LogP contribution in [0.25, 0.3) is 0 Å². The number of esters is 1. The highest BCUT2D eigenvalue weighted by Crippen LogP contribution is 2.34. The number of hydrogen-bond donors (Lipinski definition) is 1. The van der Waals surface area contributed by atoms with Gasteiger partial charge < -0.3 is 9.84 Å². The molecule has 1 unspecified atom stereocenters. The van der Waals surface area contributed by atoms with Crippen molar-refractivity contribution in [3.05, 3.63) is 29.3 Å². The van der Waals surface area contributed by atoms with Crippen LogP contribution in [-0.4, -0.2) is 33.6 Å². The standard InChI is InChI=1S/C12H11F3O5S/c1-2-20-10(16)6-21(19)9-4-3-7(11(17)18)5-8(9)12(13,14)15/h3-5H,2,6H2,1H3,(H,17,18). The van der Waals surface area contributed by atoms with Gasteiger partial charge in [0.15, 0.2) is 0 Å². The number of rotatable bonds is 5. The predicted octanol–water partition coefficient (Wildman–Crippen LogP) is 2.07. The lowest BCUT2D eigenvalue weighted by atomic mass is 10.1. The molecule has 5 nitrogen and oxygen atoms in total. The van der Waals surface area contributed by atoms with Gasteiger partial charge in [0.2, 0.25) is 0 Å². The molecule has 0 aromatic heterocycles. The fourth-order valence-electron chi connectivity index (χ4n) is 1.47. The first-order valence-electron chi connectivity index (χ1n) is 5.65. The highest BCUT2D eigenvalue weighted by molar-refractivity contribution is 7.85. The van der Waals surface area contributed by atoms with E-state index in [4.69, 9.17) is 5.11 Å². The number of ether oxygens (including phenoxy) is 1. The van der Waals surface area contributed by atoms with E-state index in [1.807, 2.05) is 0 Å². The first-order valence-corrected chi connectivity index (χ1v) is 6.97. The minimum Gasteiger partial charge on any atom is -0.478 e. The van der Waals surface area contributed by atoms with Crippen molar-refractivity contribution in [2.75, 3.05) is 12.4 Å². The molecular formula is C12H11F3O5S. The van der Waals surface area contributed by atoms with Crippen molar-refractivity contribution in [1.29, 1.82) is 0 Å². The molecule has 21 heavy (non-hydrogen) atoms. The fourth-order valence-corrected chi connectivity index (χ4v) is 2.56. The molecule has 0 amide bonds. The van der Waals surface area contributed by atoms with Crippen molar-refractivity contribution < 1.29 is 36.8 Å². The van der Waals surface area contributed by atoms with Gasteiger partial charge in [-0.2, -0.15) is 13.2 Å². The summed E-state index contributed by atoms with van der Waals surface area (Å²) in [5.74, 6) is -3.17. The molecule has 0 spiro atoms. The van der Waals surface area contributed by atoms with Crippen molar-refractivity contribution in [1.82, 2.24) is 0 Å². The van der Waals surface area contributed by atoms with Crippen LogP contribution in [0.15, 0.2) is 23.1 Å². The third-order valence-corrected chi connectivity index (χ3v) is 3.68. The molecule has 0 saturated heterocycles. The summed E-state index contributed by atoms with van der Waals surface area (Å²) in [7, 11) is -2.28. The summed E-state index contributed by atoms with van der Waals surface area (Å²) >= 11 is 0. The first kappa shape index (κ1) is 17.2. The van der Waals surface area contributed by atoms with Crippen LogP contribution in [0.2, 0.25) is 0 Å². The molecule has 0 bridgehead atoms.